The normalized spacial score (nSPS) is 15.4. The minimum atomic E-state index is 0.720. The fourth-order valence-electron chi connectivity index (χ4n) is 2.59. The van der Waals surface area contributed by atoms with Gasteiger partial charge in [-0.15, -0.1) is 0 Å². The molecule has 0 N–H and O–H groups in total. The van der Waals surface area contributed by atoms with E-state index >= 15 is 0 Å². The van der Waals surface area contributed by atoms with Crippen LogP contribution in [0.5, 0.6) is 0 Å². The Morgan fingerprint density at radius 2 is 2.12 bits per heavy atom. The lowest BCUT2D eigenvalue weighted by Crippen LogP contribution is -2.18. The van der Waals surface area contributed by atoms with Crippen molar-refractivity contribution in [2.45, 2.75) is 12.8 Å². The second-order valence-corrected chi connectivity index (χ2v) is 4.49. The Kier molecular flexibility index (Phi) is 2.25. The zero-order valence-corrected chi connectivity index (χ0v) is 9.85. The smallest absolute Gasteiger partial charge is 0.143 e. The van der Waals surface area contributed by atoms with Gasteiger partial charge in [-0.05, 0) is 18.9 Å². The monoisotopic (exact) mass is 226 g/mol. The molecule has 1 aliphatic heterocycles. The van der Waals surface area contributed by atoms with Crippen LogP contribution in [0.1, 0.15) is 18.4 Å². The SMILES string of the molecule is Cn1cc(C#N)c2c(N3CCCC3)ccnc21. The van der Waals surface area contributed by atoms with Gasteiger partial charge in [-0.2, -0.15) is 5.26 Å². The zero-order valence-electron chi connectivity index (χ0n) is 9.85. The van der Waals surface area contributed by atoms with Crippen LogP contribution in [0.2, 0.25) is 0 Å². The molecule has 3 heterocycles. The molecule has 3 rings (SSSR count). The molecule has 1 saturated heterocycles. The van der Waals surface area contributed by atoms with Crippen molar-refractivity contribution < 1.29 is 0 Å². The van der Waals surface area contributed by atoms with E-state index in [9.17, 15) is 5.26 Å². The summed E-state index contributed by atoms with van der Waals surface area (Å²) in [4.78, 5) is 6.72. The van der Waals surface area contributed by atoms with E-state index in [-0.39, 0.29) is 0 Å². The molecule has 0 radical (unpaired) electrons. The van der Waals surface area contributed by atoms with Crippen LogP contribution in [0.4, 0.5) is 5.69 Å². The molecule has 2 aromatic rings. The van der Waals surface area contributed by atoms with E-state index in [1.807, 2.05) is 30.1 Å². The van der Waals surface area contributed by atoms with Gasteiger partial charge in [0.25, 0.3) is 0 Å². The Hall–Kier alpha value is -2.02. The largest absolute Gasteiger partial charge is 0.371 e. The van der Waals surface area contributed by atoms with Crippen LogP contribution >= 0.6 is 0 Å². The summed E-state index contributed by atoms with van der Waals surface area (Å²) in [6.45, 7) is 2.16. The molecule has 86 valence electrons. The highest BCUT2D eigenvalue weighted by Gasteiger charge is 2.18. The highest BCUT2D eigenvalue weighted by Crippen LogP contribution is 2.31. The highest BCUT2D eigenvalue weighted by atomic mass is 15.2. The number of aryl methyl sites for hydroxylation is 1. The first-order valence-electron chi connectivity index (χ1n) is 5.90. The van der Waals surface area contributed by atoms with Crippen LogP contribution in [0.15, 0.2) is 18.5 Å². The van der Waals surface area contributed by atoms with Crippen molar-refractivity contribution in [3.8, 4) is 6.07 Å². The lowest BCUT2D eigenvalue weighted by molar-refractivity contribution is 0.942. The van der Waals surface area contributed by atoms with Gasteiger partial charge >= 0.3 is 0 Å². The number of fused-ring (bicyclic) bond motifs is 1. The molecule has 0 atom stereocenters. The first-order chi connectivity index (χ1) is 8.31. The fourth-order valence-corrected chi connectivity index (χ4v) is 2.59. The summed E-state index contributed by atoms with van der Waals surface area (Å²) in [5, 5.41) is 10.2. The molecule has 4 nitrogen and oxygen atoms in total. The summed E-state index contributed by atoms with van der Waals surface area (Å²) in [5.74, 6) is 0. The Balaban J connectivity index is 2.27. The van der Waals surface area contributed by atoms with Gasteiger partial charge in [0, 0.05) is 32.5 Å². The van der Waals surface area contributed by atoms with Crippen molar-refractivity contribution in [2.75, 3.05) is 18.0 Å². The number of hydrogen-bond acceptors (Lipinski definition) is 3. The van der Waals surface area contributed by atoms with Crippen molar-refractivity contribution in [3.63, 3.8) is 0 Å². The summed E-state index contributed by atoms with van der Waals surface area (Å²) < 4.78 is 1.92. The zero-order chi connectivity index (χ0) is 11.8. The van der Waals surface area contributed by atoms with Gasteiger partial charge in [0.1, 0.15) is 11.7 Å². The van der Waals surface area contributed by atoms with Crippen LogP contribution in [0.25, 0.3) is 11.0 Å². The van der Waals surface area contributed by atoms with Crippen LogP contribution in [0.3, 0.4) is 0 Å². The van der Waals surface area contributed by atoms with Gasteiger partial charge in [0.15, 0.2) is 0 Å². The van der Waals surface area contributed by atoms with Crippen molar-refractivity contribution in [2.24, 2.45) is 7.05 Å². The maximum Gasteiger partial charge on any atom is 0.143 e. The van der Waals surface area contributed by atoms with Gasteiger partial charge in [0.05, 0.1) is 16.6 Å². The Labute approximate surface area is 100 Å². The molecular formula is C13H14N4. The third-order valence-corrected chi connectivity index (χ3v) is 3.40. The molecule has 4 heteroatoms. The molecule has 0 saturated carbocycles. The maximum absolute atomic E-state index is 9.21. The number of pyridine rings is 1. The standard InChI is InChI=1S/C13H14N4/c1-16-9-10(8-14)12-11(4-5-15-13(12)16)17-6-2-3-7-17/h4-5,9H,2-3,6-7H2,1H3. The molecular weight excluding hydrogens is 212 g/mol. The third-order valence-electron chi connectivity index (χ3n) is 3.40. The first kappa shape index (κ1) is 10.2. The van der Waals surface area contributed by atoms with E-state index in [1.54, 1.807) is 0 Å². The van der Waals surface area contributed by atoms with E-state index in [0.717, 1.165) is 35.4 Å². The third kappa shape index (κ3) is 1.47. The molecule has 0 aromatic carbocycles. The quantitative estimate of drug-likeness (QED) is 0.747. The van der Waals surface area contributed by atoms with Crippen LogP contribution in [-0.4, -0.2) is 22.6 Å². The average molecular weight is 226 g/mol. The second kappa shape index (κ2) is 3.77. The molecule has 1 aliphatic rings. The summed E-state index contributed by atoms with van der Waals surface area (Å²) in [5.41, 5.74) is 2.77. The molecule has 0 aliphatic carbocycles. The van der Waals surface area contributed by atoms with Crippen molar-refractivity contribution in [3.05, 3.63) is 24.0 Å². The minimum absolute atomic E-state index is 0.720. The Morgan fingerprint density at radius 3 is 2.82 bits per heavy atom. The number of anilines is 1. The number of hydrogen-bond donors (Lipinski definition) is 0. The highest BCUT2D eigenvalue weighted by molar-refractivity contribution is 5.95. The van der Waals surface area contributed by atoms with Gasteiger partial charge in [-0.25, -0.2) is 4.98 Å². The Morgan fingerprint density at radius 1 is 1.35 bits per heavy atom. The minimum Gasteiger partial charge on any atom is -0.371 e. The predicted octanol–water partition coefficient (Wildman–Crippen LogP) is 2.05. The van der Waals surface area contributed by atoms with Gasteiger partial charge in [0.2, 0.25) is 0 Å². The average Bonchev–Trinajstić information content (AvgIpc) is 2.97. The van der Waals surface area contributed by atoms with E-state index in [0.29, 0.717) is 0 Å². The number of aromatic nitrogens is 2. The number of nitriles is 1. The van der Waals surface area contributed by atoms with Crippen LogP contribution in [-0.2, 0) is 7.05 Å². The second-order valence-electron chi connectivity index (χ2n) is 4.49. The number of rotatable bonds is 1. The molecule has 0 spiro atoms. The Bertz CT molecular complexity index is 600. The molecule has 0 amide bonds. The van der Waals surface area contributed by atoms with E-state index in [1.165, 1.54) is 12.8 Å². The van der Waals surface area contributed by atoms with E-state index < -0.39 is 0 Å². The van der Waals surface area contributed by atoms with E-state index in [4.69, 9.17) is 0 Å². The summed E-state index contributed by atoms with van der Waals surface area (Å²) in [6, 6.07) is 4.29. The number of nitrogens with zero attached hydrogens (tertiary/aromatic N) is 4. The topological polar surface area (TPSA) is 44.9 Å². The van der Waals surface area contributed by atoms with Gasteiger partial charge in [-0.3, -0.25) is 0 Å². The fraction of sp³-hybridized carbons (Fsp3) is 0.385. The summed E-state index contributed by atoms with van der Waals surface area (Å²) >= 11 is 0. The molecule has 0 unspecified atom stereocenters. The summed E-state index contributed by atoms with van der Waals surface area (Å²) in [7, 11) is 1.93. The van der Waals surface area contributed by atoms with Crippen molar-refractivity contribution in [1.82, 2.24) is 9.55 Å². The van der Waals surface area contributed by atoms with Crippen LogP contribution in [0, 0.1) is 11.3 Å². The van der Waals surface area contributed by atoms with Crippen LogP contribution < -0.4 is 4.90 Å². The van der Waals surface area contributed by atoms with Gasteiger partial charge in [-0.1, -0.05) is 0 Å². The molecule has 17 heavy (non-hydrogen) atoms. The molecule has 0 bridgehead atoms. The van der Waals surface area contributed by atoms with Crippen molar-refractivity contribution in [1.29, 1.82) is 5.26 Å². The lowest BCUT2D eigenvalue weighted by atomic mass is 10.2. The van der Waals surface area contributed by atoms with E-state index in [2.05, 4.69) is 16.0 Å². The van der Waals surface area contributed by atoms with Gasteiger partial charge < -0.3 is 9.47 Å². The summed E-state index contributed by atoms with van der Waals surface area (Å²) in [6.07, 6.45) is 6.16. The molecule has 1 fully saturated rings. The molecule has 2 aromatic heterocycles. The maximum atomic E-state index is 9.21. The van der Waals surface area contributed by atoms with Crippen molar-refractivity contribution >= 4 is 16.7 Å². The lowest BCUT2D eigenvalue weighted by Gasteiger charge is -2.18. The predicted molar refractivity (Wildman–Crippen MR) is 66.9 cm³/mol. The first-order valence-corrected chi connectivity index (χ1v) is 5.90.